The monoisotopic (exact) mass is 329 g/mol. The highest BCUT2D eigenvalue weighted by Gasteiger charge is 2.22. The van der Waals surface area contributed by atoms with Gasteiger partial charge in [-0.15, -0.1) is 0 Å². The zero-order valence-corrected chi connectivity index (χ0v) is 13.8. The molecule has 0 saturated carbocycles. The average molecular weight is 329 g/mol. The van der Waals surface area contributed by atoms with Gasteiger partial charge in [0.2, 0.25) is 5.91 Å². The molecule has 1 aromatic carbocycles. The van der Waals surface area contributed by atoms with E-state index in [1.54, 1.807) is 0 Å². The van der Waals surface area contributed by atoms with E-state index in [0.717, 1.165) is 30.5 Å². The number of nitrogens with one attached hydrogen (secondary N) is 2. The van der Waals surface area contributed by atoms with Crippen LogP contribution < -0.4 is 11.1 Å². The van der Waals surface area contributed by atoms with E-state index in [1.807, 2.05) is 24.3 Å². The van der Waals surface area contributed by atoms with Gasteiger partial charge in [0.25, 0.3) is 0 Å². The van der Waals surface area contributed by atoms with Gasteiger partial charge in [-0.25, -0.2) is 4.98 Å². The van der Waals surface area contributed by atoms with Gasteiger partial charge in [-0.05, 0) is 50.5 Å². The maximum absolute atomic E-state index is 12.0. The molecule has 128 valence electrons. The number of carbonyl (C=O) groups excluding carboxylic acids is 1. The van der Waals surface area contributed by atoms with Crippen LogP contribution in [0.25, 0.3) is 11.4 Å². The Morgan fingerprint density at radius 3 is 2.79 bits per heavy atom. The third-order valence-corrected chi connectivity index (χ3v) is 4.17. The minimum Gasteiger partial charge on any atom is -0.375 e. The molecule has 1 aliphatic heterocycles. The smallest absolute Gasteiger partial charge is 0.224 e. The third-order valence-electron chi connectivity index (χ3n) is 4.17. The largest absolute Gasteiger partial charge is 0.375 e. The van der Waals surface area contributed by atoms with Crippen molar-refractivity contribution in [2.45, 2.75) is 51.4 Å². The lowest BCUT2D eigenvalue weighted by Crippen LogP contribution is -2.15. The summed E-state index contributed by atoms with van der Waals surface area (Å²) in [5.74, 6) is 1.25. The maximum atomic E-state index is 12.0. The van der Waals surface area contributed by atoms with E-state index in [-0.39, 0.29) is 12.0 Å². The predicted molar refractivity (Wildman–Crippen MR) is 91.1 cm³/mol. The van der Waals surface area contributed by atoms with E-state index in [0.29, 0.717) is 30.7 Å². The molecule has 2 atom stereocenters. The maximum Gasteiger partial charge on any atom is 0.224 e. The molecule has 1 saturated heterocycles. The molecule has 7 nitrogen and oxygen atoms in total. The Morgan fingerprint density at radius 1 is 1.38 bits per heavy atom. The van der Waals surface area contributed by atoms with Crippen molar-refractivity contribution >= 4 is 11.6 Å². The lowest BCUT2D eigenvalue weighted by atomic mass is 10.1. The first-order valence-electron chi connectivity index (χ1n) is 8.31. The number of nitrogens with zero attached hydrogens (tertiary/aromatic N) is 2. The average Bonchev–Trinajstić information content (AvgIpc) is 3.22. The highest BCUT2D eigenvalue weighted by molar-refractivity contribution is 5.90. The van der Waals surface area contributed by atoms with Crippen LogP contribution in [-0.2, 0) is 16.1 Å². The van der Waals surface area contributed by atoms with Crippen LogP contribution in [0.2, 0.25) is 0 Å². The fourth-order valence-corrected chi connectivity index (χ4v) is 2.83. The molecule has 2 unspecified atom stereocenters. The predicted octanol–water partition coefficient (Wildman–Crippen LogP) is 2.22. The number of aromatic amines is 1. The summed E-state index contributed by atoms with van der Waals surface area (Å²) in [4.78, 5) is 16.3. The van der Waals surface area contributed by atoms with Gasteiger partial charge in [0.05, 0.1) is 18.8 Å². The Balaban J connectivity index is 1.51. The first-order chi connectivity index (χ1) is 11.6. The van der Waals surface area contributed by atoms with E-state index >= 15 is 0 Å². The van der Waals surface area contributed by atoms with E-state index in [4.69, 9.17) is 10.5 Å². The van der Waals surface area contributed by atoms with Gasteiger partial charge in [-0.3, -0.25) is 9.89 Å². The van der Waals surface area contributed by atoms with Crippen molar-refractivity contribution in [1.29, 1.82) is 0 Å². The standard InChI is InChI=1S/C17H23N5O2/c1-11-2-7-14(24-11)8-9-16(23)19-13-5-3-12(4-6-13)17-20-15(10-18)21-22-17/h3-6,11,14H,2,7-10,18H2,1H3,(H,19,23)(H,20,21,22). The Kier molecular flexibility index (Phi) is 5.22. The molecule has 7 heteroatoms. The number of ether oxygens (including phenoxy) is 1. The van der Waals surface area contributed by atoms with E-state index < -0.39 is 0 Å². The van der Waals surface area contributed by atoms with Gasteiger partial charge >= 0.3 is 0 Å². The Morgan fingerprint density at radius 2 is 2.17 bits per heavy atom. The van der Waals surface area contributed by atoms with Gasteiger partial charge in [-0.2, -0.15) is 5.10 Å². The number of aromatic nitrogens is 3. The van der Waals surface area contributed by atoms with Gasteiger partial charge in [-0.1, -0.05) is 0 Å². The molecule has 0 spiro atoms. The minimum atomic E-state index is 0.00853. The van der Waals surface area contributed by atoms with Crippen molar-refractivity contribution < 1.29 is 9.53 Å². The molecule has 2 aromatic rings. The number of carbonyl (C=O) groups is 1. The van der Waals surface area contributed by atoms with E-state index in [9.17, 15) is 4.79 Å². The van der Waals surface area contributed by atoms with Gasteiger partial charge in [0.15, 0.2) is 5.82 Å². The molecule has 4 N–H and O–H groups in total. The molecule has 0 aliphatic carbocycles. The summed E-state index contributed by atoms with van der Waals surface area (Å²) in [7, 11) is 0. The van der Waals surface area contributed by atoms with Crippen molar-refractivity contribution in [3.8, 4) is 11.4 Å². The van der Waals surface area contributed by atoms with Crippen LogP contribution in [-0.4, -0.2) is 33.3 Å². The van der Waals surface area contributed by atoms with Gasteiger partial charge in [0.1, 0.15) is 5.82 Å². The second-order valence-corrected chi connectivity index (χ2v) is 6.12. The molecular formula is C17H23N5O2. The number of H-pyrrole nitrogens is 1. The van der Waals surface area contributed by atoms with Crippen molar-refractivity contribution in [3.63, 3.8) is 0 Å². The minimum absolute atomic E-state index is 0.00853. The molecule has 2 heterocycles. The zero-order valence-electron chi connectivity index (χ0n) is 13.8. The summed E-state index contributed by atoms with van der Waals surface area (Å²) in [6, 6.07) is 7.45. The second kappa shape index (κ2) is 7.55. The van der Waals surface area contributed by atoms with Crippen LogP contribution in [0.3, 0.4) is 0 Å². The molecule has 1 fully saturated rings. The number of benzene rings is 1. The Labute approximate surface area is 141 Å². The molecule has 1 amide bonds. The molecule has 0 bridgehead atoms. The summed E-state index contributed by atoms with van der Waals surface area (Å²) in [6.45, 7) is 2.40. The first-order valence-corrected chi connectivity index (χ1v) is 8.31. The van der Waals surface area contributed by atoms with Crippen LogP contribution in [0.5, 0.6) is 0 Å². The van der Waals surface area contributed by atoms with Crippen LogP contribution in [0.1, 0.15) is 38.4 Å². The third kappa shape index (κ3) is 4.18. The molecule has 1 aromatic heterocycles. The zero-order chi connectivity index (χ0) is 16.9. The Bertz CT molecular complexity index is 683. The fourth-order valence-electron chi connectivity index (χ4n) is 2.83. The number of rotatable bonds is 6. The quantitative estimate of drug-likeness (QED) is 0.753. The number of nitrogens with two attached hydrogens (primary N) is 1. The number of hydrogen-bond acceptors (Lipinski definition) is 5. The summed E-state index contributed by atoms with van der Waals surface area (Å²) in [5.41, 5.74) is 7.15. The molecule has 0 radical (unpaired) electrons. The lowest BCUT2D eigenvalue weighted by Gasteiger charge is -2.11. The van der Waals surface area contributed by atoms with Crippen molar-refractivity contribution in [2.24, 2.45) is 5.73 Å². The van der Waals surface area contributed by atoms with Crippen molar-refractivity contribution in [1.82, 2.24) is 15.2 Å². The van der Waals surface area contributed by atoms with Crippen LogP contribution in [0.15, 0.2) is 24.3 Å². The topological polar surface area (TPSA) is 106 Å². The summed E-state index contributed by atoms with van der Waals surface area (Å²) in [6.07, 6.45) is 3.91. The normalized spacial score (nSPS) is 20.2. The van der Waals surface area contributed by atoms with Crippen molar-refractivity contribution in [3.05, 3.63) is 30.1 Å². The van der Waals surface area contributed by atoms with Crippen molar-refractivity contribution in [2.75, 3.05) is 5.32 Å². The molecule has 3 rings (SSSR count). The highest BCUT2D eigenvalue weighted by Crippen LogP contribution is 2.23. The number of amides is 1. The van der Waals surface area contributed by atoms with E-state index in [1.165, 1.54) is 0 Å². The SMILES string of the molecule is CC1CCC(CCC(=O)Nc2ccc(-c3n[nH]c(CN)n3)cc2)O1. The van der Waals surface area contributed by atoms with Crippen LogP contribution in [0, 0.1) is 0 Å². The summed E-state index contributed by atoms with van der Waals surface area (Å²) in [5, 5.41) is 9.80. The molecular weight excluding hydrogens is 306 g/mol. The lowest BCUT2D eigenvalue weighted by molar-refractivity contribution is -0.116. The fraction of sp³-hybridized carbons (Fsp3) is 0.471. The second-order valence-electron chi connectivity index (χ2n) is 6.12. The molecule has 24 heavy (non-hydrogen) atoms. The van der Waals surface area contributed by atoms with Crippen LogP contribution in [0.4, 0.5) is 5.69 Å². The first kappa shape index (κ1) is 16.6. The summed E-state index contributed by atoms with van der Waals surface area (Å²) >= 11 is 0. The molecule has 1 aliphatic rings. The number of hydrogen-bond donors (Lipinski definition) is 3. The Hall–Kier alpha value is -2.25. The summed E-state index contributed by atoms with van der Waals surface area (Å²) < 4.78 is 5.73. The number of anilines is 1. The van der Waals surface area contributed by atoms with E-state index in [2.05, 4.69) is 27.4 Å². The van der Waals surface area contributed by atoms with Crippen LogP contribution >= 0.6 is 0 Å². The highest BCUT2D eigenvalue weighted by atomic mass is 16.5. The van der Waals surface area contributed by atoms with Gasteiger partial charge < -0.3 is 15.8 Å². The van der Waals surface area contributed by atoms with Gasteiger partial charge in [0, 0.05) is 17.7 Å².